The molecule has 1 aliphatic rings. The van der Waals surface area contributed by atoms with Crippen LogP contribution in [0.4, 0.5) is 5.69 Å². The van der Waals surface area contributed by atoms with E-state index in [1.807, 2.05) is 19.1 Å². The number of esters is 1. The minimum Gasteiger partial charge on any atom is -0.493 e. The van der Waals surface area contributed by atoms with Crippen molar-refractivity contribution in [1.29, 1.82) is 0 Å². The average Bonchev–Trinajstić information content (AvgIpc) is 2.87. The predicted octanol–water partition coefficient (Wildman–Crippen LogP) is 1.46. The zero-order chi connectivity index (χ0) is 24.7. The number of anilines is 1. The molecule has 1 atom stereocenters. The number of hydrogen-bond donors (Lipinski definition) is 2. The van der Waals surface area contributed by atoms with E-state index in [2.05, 4.69) is 20.7 Å². The van der Waals surface area contributed by atoms with Crippen LogP contribution in [0, 0.1) is 0 Å². The number of ether oxygens (including phenoxy) is 3. The third-order valence-electron chi connectivity index (χ3n) is 5.73. The number of rotatable bonds is 7. The van der Waals surface area contributed by atoms with Gasteiger partial charge in [0.1, 0.15) is 0 Å². The van der Waals surface area contributed by atoms with Crippen molar-refractivity contribution in [3.8, 4) is 11.5 Å². The largest absolute Gasteiger partial charge is 0.493 e. The number of amides is 2. The van der Waals surface area contributed by atoms with Gasteiger partial charge in [0.05, 0.1) is 33.4 Å². The summed E-state index contributed by atoms with van der Waals surface area (Å²) in [7, 11) is 4.36. The minimum absolute atomic E-state index is 0.112. The molecule has 0 saturated carbocycles. The number of piperazine rings is 1. The van der Waals surface area contributed by atoms with Gasteiger partial charge >= 0.3 is 5.97 Å². The lowest BCUT2D eigenvalue weighted by atomic mass is 10.1. The van der Waals surface area contributed by atoms with Crippen LogP contribution in [0.5, 0.6) is 11.5 Å². The number of nitrogens with zero attached hydrogens (tertiary/aromatic N) is 2. The lowest BCUT2D eigenvalue weighted by Crippen LogP contribution is -2.55. The summed E-state index contributed by atoms with van der Waals surface area (Å²) in [6, 6.07) is 12.1. The number of carbonyl (C=O) groups excluding carboxylic acids is 3. The Hall–Kier alpha value is -3.79. The Morgan fingerprint density at radius 2 is 1.59 bits per heavy atom. The van der Waals surface area contributed by atoms with E-state index in [1.54, 1.807) is 30.3 Å². The van der Waals surface area contributed by atoms with Gasteiger partial charge in [0.25, 0.3) is 11.8 Å². The van der Waals surface area contributed by atoms with Crippen LogP contribution in [0.1, 0.15) is 27.6 Å². The van der Waals surface area contributed by atoms with E-state index in [-0.39, 0.29) is 24.5 Å². The molecule has 2 N–H and O–H groups in total. The molecule has 1 unspecified atom stereocenters. The number of methoxy groups -OCH3 is 3. The monoisotopic (exact) mass is 470 g/mol. The second-order valence-corrected chi connectivity index (χ2v) is 7.88. The summed E-state index contributed by atoms with van der Waals surface area (Å²) in [4.78, 5) is 40.7. The predicted molar refractivity (Wildman–Crippen MR) is 126 cm³/mol. The zero-order valence-electron chi connectivity index (χ0n) is 19.8. The average molecular weight is 471 g/mol. The summed E-state index contributed by atoms with van der Waals surface area (Å²) in [6.07, 6.45) is 0. The van der Waals surface area contributed by atoms with Crippen LogP contribution in [0.15, 0.2) is 42.5 Å². The molecule has 0 spiro atoms. The van der Waals surface area contributed by atoms with Crippen molar-refractivity contribution >= 4 is 23.5 Å². The molecule has 2 aromatic rings. The van der Waals surface area contributed by atoms with Gasteiger partial charge in [-0.25, -0.2) is 4.79 Å². The molecular weight excluding hydrogens is 440 g/mol. The highest BCUT2D eigenvalue weighted by molar-refractivity contribution is 5.96. The lowest BCUT2D eigenvalue weighted by Gasteiger charge is -2.40. The molecule has 1 fully saturated rings. The van der Waals surface area contributed by atoms with Crippen LogP contribution < -0.4 is 25.2 Å². The van der Waals surface area contributed by atoms with Crippen LogP contribution in [-0.2, 0) is 9.53 Å². The standard InChI is InChI=1S/C24H30N4O6/c1-16-14-28(19-8-5-17(6-9-19)24(31)34-4)12-11-27(16)15-22(29)25-26-23(30)18-7-10-20(32-2)21(13-18)33-3/h5-10,13,16H,11-12,14-15H2,1-4H3,(H,25,29)(H,26,30). The summed E-state index contributed by atoms with van der Waals surface area (Å²) >= 11 is 0. The van der Waals surface area contributed by atoms with Crippen LogP contribution in [0.2, 0.25) is 0 Å². The maximum atomic E-state index is 12.4. The summed E-state index contributed by atoms with van der Waals surface area (Å²) in [6.45, 7) is 4.33. The minimum atomic E-state index is -0.456. The topological polar surface area (TPSA) is 109 Å². The number of hydrogen-bond acceptors (Lipinski definition) is 8. The van der Waals surface area contributed by atoms with Gasteiger partial charge in [-0.2, -0.15) is 0 Å². The molecule has 2 aromatic carbocycles. The Morgan fingerprint density at radius 1 is 0.912 bits per heavy atom. The smallest absolute Gasteiger partial charge is 0.337 e. The second kappa shape index (κ2) is 11.4. The first-order chi connectivity index (χ1) is 16.4. The van der Waals surface area contributed by atoms with E-state index in [0.29, 0.717) is 29.2 Å². The Labute approximate surface area is 198 Å². The second-order valence-electron chi connectivity index (χ2n) is 7.88. The van der Waals surface area contributed by atoms with Gasteiger partial charge < -0.3 is 19.1 Å². The van der Waals surface area contributed by atoms with Crippen molar-refractivity contribution in [3.05, 3.63) is 53.6 Å². The first-order valence-corrected chi connectivity index (χ1v) is 10.8. The van der Waals surface area contributed by atoms with Gasteiger partial charge in [0.15, 0.2) is 11.5 Å². The summed E-state index contributed by atoms with van der Waals surface area (Å²) < 4.78 is 15.1. The molecule has 0 aromatic heterocycles. The molecule has 0 bridgehead atoms. The molecule has 10 heteroatoms. The summed E-state index contributed by atoms with van der Waals surface area (Å²) in [5.41, 5.74) is 6.75. The fraction of sp³-hybridized carbons (Fsp3) is 0.375. The van der Waals surface area contributed by atoms with Gasteiger partial charge in [0, 0.05) is 36.9 Å². The first-order valence-electron chi connectivity index (χ1n) is 10.8. The van der Waals surface area contributed by atoms with E-state index in [9.17, 15) is 14.4 Å². The Kier molecular flexibility index (Phi) is 8.31. The van der Waals surface area contributed by atoms with Crippen molar-refractivity contribution in [3.63, 3.8) is 0 Å². The van der Waals surface area contributed by atoms with Gasteiger partial charge in [-0.05, 0) is 49.4 Å². The van der Waals surface area contributed by atoms with Crippen LogP contribution in [0.3, 0.4) is 0 Å². The van der Waals surface area contributed by atoms with Gasteiger partial charge in [-0.3, -0.25) is 25.3 Å². The highest BCUT2D eigenvalue weighted by Crippen LogP contribution is 2.27. The first kappa shape index (κ1) is 24.8. The number of hydrazine groups is 1. The molecule has 2 amide bonds. The molecule has 34 heavy (non-hydrogen) atoms. The molecule has 1 heterocycles. The molecular formula is C24H30N4O6. The number of carbonyl (C=O) groups is 3. The Morgan fingerprint density at radius 3 is 2.21 bits per heavy atom. The van der Waals surface area contributed by atoms with Crippen LogP contribution in [0.25, 0.3) is 0 Å². The van der Waals surface area contributed by atoms with Crippen molar-refractivity contribution in [2.24, 2.45) is 0 Å². The van der Waals surface area contributed by atoms with E-state index in [4.69, 9.17) is 14.2 Å². The molecule has 0 aliphatic carbocycles. The fourth-order valence-corrected chi connectivity index (χ4v) is 3.79. The highest BCUT2D eigenvalue weighted by Gasteiger charge is 2.26. The summed E-state index contributed by atoms with van der Waals surface area (Å²) in [5.74, 6) is -0.197. The van der Waals surface area contributed by atoms with E-state index in [1.165, 1.54) is 21.3 Å². The van der Waals surface area contributed by atoms with Crippen molar-refractivity contribution in [2.75, 3.05) is 52.4 Å². The van der Waals surface area contributed by atoms with Crippen molar-refractivity contribution in [2.45, 2.75) is 13.0 Å². The van der Waals surface area contributed by atoms with Crippen LogP contribution in [-0.4, -0.2) is 76.2 Å². The normalized spacial score (nSPS) is 15.9. The van der Waals surface area contributed by atoms with Gasteiger partial charge in [0.2, 0.25) is 0 Å². The molecule has 182 valence electrons. The maximum absolute atomic E-state index is 12.4. The van der Waals surface area contributed by atoms with Crippen LogP contribution >= 0.6 is 0 Å². The molecule has 0 radical (unpaired) electrons. The summed E-state index contributed by atoms with van der Waals surface area (Å²) in [5, 5.41) is 0. The SMILES string of the molecule is COC(=O)c1ccc(N2CCN(CC(=O)NNC(=O)c3ccc(OC)c(OC)c3)C(C)C2)cc1. The maximum Gasteiger partial charge on any atom is 0.337 e. The zero-order valence-corrected chi connectivity index (χ0v) is 19.8. The van der Waals surface area contributed by atoms with E-state index in [0.717, 1.165) is 18.8 Å². The third-order valence-corrected chi connectivity index (χ3v) is 5.73. The molecule has 3 rings (SSSR count). The number of nitrogens with one attached hydrogen (secondary N) is 2. The fourth-order valence-electron chi connectivity index (χ4n) is 3.79. The Bertz CT molecular complexity index is 1030. The van der Waals surface area contributed by atoms with Crippen molar-refractivity contribution in [1.82, 2.24) is 15.8 Å². The molecule has 1 aliphatic heterocycles. The van der Waals surface area contributed by atoms with Crippen molar-refractivity contribution < 1.29 is 28.6 Å². The lowest BCUT2D eigenvalue weighted by molar-refractivity contribution is -0.123. The van der Waals surface area contributed by atoms with Gasteiger partial charge in [-0.15, -0.1) is 0 Å². The highest BCUT2D eigenvalue weighted by atomic mass is 16.5. The van der Waals surface area contributed by atoms with Gasteiger partial charge in [-0.1, -0.05) is 0 Å². The number of benzene rings is 2. The molecule has 10 nitrogen and oxygen atoms in total. The van der Waals surface area contributed by atoms with E-state index >= 15 is 0 Å². The Balaban J connectivity index is 1.49. The molecule has 1 saturated heterocycles. The quantitative estimate of drug-likeness (QED) is 0.463. The van der Waals surface area contributed by atoms with E-state index < -0.39 is 5.91 Å². The third kappa shape index (κ3) is 5.96.